The first-order chi connectivity index (χ1) is 13.3. The lowest BCUT2D eigenvalue weighted by Crippen LogP contribution is -2.34. The summed E-state index contributed by atoms with van der Waals surface area (Å²) in [4.78, 5) is 0. The largest absolute Gasteiger partial charge is 0.390 e. The van der Waals surface area contributed by atoms with E-state index in [1.165, 1.54) is 57.8 Å². The summed E-state index contributed by atoms with van der Waals surface area (Å²) in [7, 11) is 0. The highest BCUT2D eigenvalue weighted by atomic mass is 16.3. The average molecular weight is 385 g/mol. The molecule has 0 spiro atoms. The van der Waals surface area contributed by atoms with E-state index in [9.17, 15) is 5.11 Å². The molecule has 5 unspecified atom stereocenters. The molecule has 0 heterocycles. The van der Waals surface area contributed by atoms with Crippen LogP contribution in [0.15, 0.2) is 30.3 Å². The zero-order valence-corrected chi connectivity index (χ0v) is 18.9. The first kappa shape index (κ1) is 21.9. The molecule has 0 radical (unpaired) electrons. The van der Waals surface area contributed by atoms with Crippen molar-refractivity contribution in [2.24, 2.45) is 29.6 Å². The van der Waals surface area contributed by atoms with E-state index in [2.05, 4.69) is 58.0 Å². The van der Waals surface area contributed by atoms with Crippen LogP contribution in [0.3, 0.4) is 0 Å². The maximum Gasteiger partial charge on any atom is 0.0650 e. The molecular weight excluding hydrogens is 340 g/mol. The molecule has 1 N–H and O–H groups in total. The summed E-state index contributed by atoms with van der Waals surface area (Å²) < 4.78 is 0. The van der Waals surface area contributed by atoms with Crippen LogP contribution in [0.25, 0.3) is 0 Å². The molecule has 1 aromatic rings. The van der Waals surface area contributed by atoms with E-state index >= 15 is 0 Å². The van der Waals surface area contributed by atoms with E-state index in [1.807, 2.05) is 0 Å². The van der Waals surface area contributed by atoms with E-state index in [1.54, 1.807) is 5.56 Å². The molecule has 1 aromatic carbocycles. The second-order valence-corrected chi connectivity index (χ2v) is 11.0. The molecule has 0 saturated heterocycles. The van der Waals surface area contributed by atoms with Gasteiger partial charge in [0.2, 0.25) is 0 Å². The van der Waals surface area contributed by atoms with Crippen LogP contribution in [0.2, 0.25) is 0 Å². The Morgan fingerprint density at radius 2 is 1.68 bits per heavy atom. The maximum absolute atomic E-state index is 11.0. The number of rotatable bonds is 9. The van der Waals surface area contributed by atoms with Crippen molar-refractivity contribution in [3.8, 4) is 0 Å². The van der Waals surface area contributed by atoms with Crippen molar-refractivity contribution in [3.05, 3.63) is 35.9 Å². The van der Waals surface area contributed by atoms with Crippen LogP contribution in [0, 0.1) is 29.6 Å². The SMILES string of the molecule is CC(C)CC(C)(O)C1CCC(CC(C)CC(c2ccccc2)C2CCCC2)C1. The molecule has 2 aliphatic rings. The highest BCUT2D eigenvalue weighted by molar-refractivity contribution is 5.20. The minimum atomic E-state index is -0.470. The summed E-state index contributed by atoms with van der Waals surface area (Å²) in [5.74, 6) is 4.33. The van der Waals surface area contributed by atoms with Crippen LogP contribution in [0.1, 0.15) is 103 Å². The average Bonchev–Trinajstić information content (AvgIpc) is 3.31. The Balaban J connectivity index is 1.56. The molecule has 5 atom stereocenters. The van der Waals surface area contributed by atoms with Crippen molar-refractivity contribution >= 4 is 0 Å². The Labute approximate surface area is 174 Å². The smallest absolute Gasteiger partial charge is 0.0650 e. The van der Waals surface area contributed by atoms with Gasteiger partial charge in [0.1, 0.15) is 0 Å². The Bertz CT molecular complexity index is 569. The van der Waals surface area contributed by atoms with Crippen LogP contribution in [-0.4, -0.2) is 10.7 Å². The van der Waals surface area contributed by atoms with Gasteiger partial charge < -0.3 is 5.11 Å². The fourth-order valence-corrected chi connectivity index (χ4v) is 6.61. The molecule has 2 fully saturated rings. The molecule has 3 rings (SSSR count). The highest BCUT2D eigenvalue weighted by Crippen LogP contribution is 2.45. The standard InChI is InChI=1S/C27H44O/c1-20(2)19-27(4,28)25-15-14-22(18-25)16-21(3)17-26(24-12-8-9-13-24)23-10-6-5-7-11-23/h5-7,10-11,20-22,24-26,28H,8-9,12-19H2,1-4H3. The van der Waals surface area contributed by atoms with Gasteiger partial charge in [-0.2, -0.15) is 0 Å². The van der Waals surface area contributed by atoms with Crippen molar-refractivity contribution in [2.45, 2.75) is 103 Å². The van der Waals surface area contributed by atoms with E-state index in [0.29, 0.717) is 11.8 Å². The van der Waals surface area contributed by atoms with Gasteiger partial charge in [0.05, 0.1) is 5.60 Å². The van der Waals surface area contributed by atoms with Crippen LogP contribution in [0.5, 0.6) is 0 Å². The zero-order chi connectivity index (χ0) is 20.1. The summed E-state index contributed by atoms with van der Waals surface area (Å²) in [6.07, 6.45) is 13.1. The fourth-order valence-electron chi connectivity index (χ4n) is 6.61. The second-order valence-electron chi connectivity index (χ2n) is 11.0. The molecule has 28 heavy (non-hydrogen) atoms. The van der Waals surface area contributed by atoms with Crippen molar-refractivity contribution in [1.29, 1.82) is 0 Å². The van der Waals surface area contributed by atoms with Gasteiger partial charge in [0.25, 0.3) is 0 Å². The number of aliphatic hydroxyl groups is 1. The lowest BCUT2D eigenvalue weighted by atomic mass is 9.76. The molecule has 1 nitrogen and oxygen atoms in total. The molecule has 2 saturated carbocycles. The van der Waals surface area contributed by atoms with Gasteiger partial charge in [-0.1, -0.05) is 70.4 Å². The molecule has 0 aromatic heterocycles. The lowest BCUT2D eigenvalue weighted by Gasteiger charge is -2.32. The Kier molecular flexibility index (Phi) is 7.65. The van der Waals surface area contributed by atoms with E-state index < -0.39 is 5.60 Å². The quantitative estimate of drug-likeness (QED) is 0.465. The van der Waals surface area contributed by atoms with Crippen molar-refractivity contribution in [3.63, 3.8) is 0 Å². The van der Waals surface area contributed by atoms with Crippen LogP contribution < -0.4 is 0 Å². The zero-order valence-electron chi connectivity index (χ0n) is 18.9. The number of hydrogen-bond acceptors (Lipinski definition) is 1. The third-order valence-electron chi connectivity index (χ3n) is 7.83. The van der Waals surface area contributed by atoms with Gasteiger partial charge in [-0.25, -0.2) is 0 Å². The fraction of sp³-hybridized carbons (Fsp3) is 0.778. The summed E-state index contributed by atoms with van der Waals surface area (Å²) in [5, 5.41) is 11.0. The highest BCUT2D eigenvalue weighted by Gasteiger charge is 2.38. The van der Waals surface area contributed by atoms with Crippen LogP contribution in [0.4, 0.5) is 0 Å². The van der Waals surface area contributed by atoms with Crippen LogP contribution >= 0.6 is 0 Å². The van der Waals surface area contributed by atoms with Gasteiger partial charge >= 0.3 is 0 Å². The third-order valence-corrected chi connectivity index (χ3v) is 7.83. The van der Waals surface area contributed by atoms with Crippen molar-refractivity contribution in [2.75, 3.05) is 0 Å². The predicted molar refractivity (Wildman–Crippen MR) is 120 cm³/mol. The summed E-state index contributed by atoms with van der Waals surface area (Å²) in [6, 6.07) is 11.3. The monoisotopic (exact) mass is 384 g/mol. The Morgan fingerprint density at radius 3 is 2.32 bits per heavy atom. The molecule has 2 aliphatic carbocycles. The normalized spacial score (nSPS) is 27.8. The first-order valence-electron chi connectivity index (χ1n) is 12.1. The molecule has 0 bridgehead atoms. The van der Waals surface area contributed by atoms with Gasteiger partial charge in [0.15, 0.2) is 0 Å². The Hall–Kier alpha value is -0.820. The Morgan fingerprint density at radius 1 is 1.00 bits per heavy atom. The van der Waals surface area contributed by atoms with E-state index in [4.69, 9.17) is 0 Å². The molecular formula is C27H44O. The van der Waals surface area contributed by atoms with Crippen molar-refractivity contribution in [1.82, 2.24) is 0 Å². The van der Waals surface area contributed by atoms with E-state index in [-0.39, 0.29) is 0 Å². The minimum Gasteiger partial charge on any atom is -0.390 e. The van der Waals surface area contributed by atoms with Crippen molar-refractivity contribution < 1.29 is 5.11 Å². The summed E-state index contributed by atoms with van der Waals surface area (Å²) >= 11 is 0. The second kappa shape index (κ2) is 9.79. The maximum atomic E-state index is 11.0. The number of benzene rings is 1. The van der Waals surface area contributed by atoms with Gasteiger partial charge in [0, 0.05) is 0 Å². The molecule has 158 valence electrons. The van der Waals surface area contributed by atoms with Gasteiger partial charge in [-0.3, -0.25) is 0 Å². The first-order valence-corrected chi connectivity index (χ1v) is 12.1. The van der Waals surface area contributed by atoms with Gasteiger partial charge in [-0.15, -0.1) is 0 Å². The van der Waals surface area contributed by atoms with Crippen LogP contribution in [-0.2, 0) is 0 Å². The molecule has 0 aliphatic heterocycles. The molecule has 1 heteroatoms. The summed E-state index contributed by atoms with van der Waals surface area (Å²) in [5.41, 5.74) is 1.10. The molecule has 0 amide bonds. The predicted octanol–water partition coefficient (Wildman–Crippen LogP) is 7.59. The van der Waals surface area contributed by atoms with E-state index in [0.717, 1.165) is 30.1 Å². The topological polar surface area (TPSA) is 20.2 Å². The van der Waals surface area contributed by atoms with Gasteiger partial charge in [-0.05, 0) is 92.9 Å². The summed E-state index contributed by atoms with van der Waals surface area (Å²) in [6.45, 7) is 9.05. The third kappa shape index (κ3) is 5.85. The lowest BCUT2D eigenvalue weighted by molar-refractivity contribution is -0.0183. The minimum absolute atomic E-state index is 0.470. The number of hydrogen-bond donors (Lipinski definition) is 1.